The number of rotatable bonds is 3. The Labute approximate surface area is 138 Å². The van der Waals surface area contributed by atoms with Crippen molar-refractivity contribution in [2.45, 2.75) is 26.7 Å². The first kappa shape index (κ1) is 15.6. The Bertz CT molecular complexity index is 673. The first-order valence-corrected chi connectivity index (χ1v) is 8.32. The molecule has 0 aliphatic carbocycles. The molecule has 1 N–H and O–H groups in total. The van der Waals surface area contributed by atoms with Gasteiger partial charge in [-0.25, -0.2) is 0 Å². The van der Waals surface area contributed by atoms with Crippen molar-refractivity contribution >= 4 is 17.3 Å². The van der Waals surface area contributed by atoms with Crippen LogP contribution < -0.4 is 10.2 Å². The molecule has 0 atom stereocenters. The van der Waals surface area contributed by atoms with E-state index in [2.05, 4.69) is 54.4 Å². The SMILES string of the molecule is Cc1cccc(NC(=O)C2CCN(c3ccccc3)CC2)c1C. The van der Waals surface area contributed by atoms with Gasteiger partial charge in [0.05, 0.1) is 0 Å². The molecule has 2 aromatic rings. The van der Waals surface area contributed by atoms with Crippen molar-refractivity contribution in [3.05, 3.63) is 59.7 Å². The van der Waals surface area contributed by atoms with E-state index in [4.69, 9.17) is 0 Å². The minimum atomic E-state index is 0.106. The summed E-state index contributed by atoms with van der Waals surface area (Å²) in [6.07, 6.45) is 1.82. The molecule has 1 heterocycles. The van der Waals surface area contributed by atoms with Gasteiger partial charge in [-0.3, -0.25) is 4.79 Å². The molecule has 1 aliphatic rings. The van der Waals surface area contributed by atoms with E-state index in [1.807, 2.05) is 18.2 Å². The molecule has 120 valence electrons. The lowest BCUT2D eigenvalue weighted by Crippen LogP contribution is -2.38. The maximum absolute atomic E-state index is 12.5. The second-order valence-corrected chi connectivity index (χ2v) is 6.33. The average Bonchev–Trinajstić information content (AvgIpc) is 2.60. The van der Waals surface area contributed by atoms with Crippen LogP contribution in [0, 0.1) is 19.8 Å². The fraction of sp³-hybridized carbons (Fsp3) is 0.350. The minimum absolute atomic E-state index is 0.106. The summed E-state index contributed by atoms with van der Waals surface area (Å²) in [5.74, 6) is 0.265. The van der Waals surface area contributed by atoms with Crippen molar-refractivity contribution in [3.63, 3.8) is 0 Å². The smallest absolute Gasteiger partial charge is 0.227 e. The average molecular weight is 308 g/mol. The molecule has 1 aliphatic heterocycles. The second-order valence-electron chi connectivity index (χ2n) is 6.33. The van der Waals surface area contributed by atoms with Crippen molar-refractivity contribution in [1.82, 2.24) is 0 Å². The lowest BCUT2D eigenvalue weighted by atomic mass is 9.95. The monoisotopic (exact) mass is 308 g/mol. The number of carbonyl (C=O) groups is 1. The van der Waals surface area contributed by atoms with Crippen molar-refractivity contribution in [3.8, 4) is 0 Å². The van der Waals surface area contributed by atoms with Gasteiger partial charge in [0.15, 0.2) is 0 Å². The van der Waals surface area contributed by atoms with E-state index < -0.39 is 0 Å². The Hall–Kier alpha value is -2.29. The quantitative estimate of drug-likeness (QED) is 0.923. The van der Waals surface area contributed by atoms with Gasteiger partial charge >= 0.3 is 0 Å². The molecule has 1 amide bonds. The summed E-state index contributed by atoms with van der Waals surface area (Å²) in [7, 11) is 0. The second kappa shape index (κ2) is 6.86. The molecule has 0 saturated carbocycles. The summed E-state index contributed by atoms with van der Waals surface area (Å²) in [4.78, 5) is 14.9. The maximum Gasteiger partial charge on any atom is 0.227 e. The van der Waals surface area contributed by atoms with Crippen molar-refractivity contribution in [1.29, 1.82) is 0 Å². The molecule has 0 spiro atoms. The van der Waals surface area contributed by atoms with E-state index in [0.717, 1.165) is 37.2 Å². The molecule has 2 aromatic carbocycles. The fourth-order valence-electron chi connectivity index (χ4n) is 3.16. The van der Waals surface area contributed by atoms with Crippen LogP contribution in [0.25, 0.3) is 0 Å². The van der Waals surface area contributed by atoms with Gasteiger partial charge in [-0.05, 0) is 56.0 Å². The summed E-state index contributed by atoms with van der Waals surface area (Å²) in [5, 5.41) is 3.12. The number of hydrogen-bond donors (Lipinski definition) is 1. The van der Waals surface area contributed by atoms with Gasteiger partial charge in [0.2, 0.25) is 5.91 Å². The zero-order chi connectivity index (χ0) is 16.2. The first-order chi connectivity index (χ1) is 11.1. The maximum atomic E-state index is 12.5. The van der Waals surface area contributed by atoms with E-state index in [1.54, 1.807) is 0 Å². The standard InChI is InChI=1S/C20H24N2O/c1-15-7-6-10-19(16(15)2)21-20(23)17-11-13-22(14-12-17)18-8-4-3-5-9-18/h3-10,17H,11-14H2,1-2H3,(H,21,23). The number of carbonyl (C=O) groups excluding carboxylic acids is 1. The number of anilines is 2. The Kier molecular flexibility index (Phi) is 4.65. The molecular formula is C20H24N2O. The molecule has 0 bridgehead atoms. The number of hydrogen-bond acceptors (Lipinski definition) is 2. The number of piperidine rings is 1. The normalized spacial score (nSPS) is 15.5. The topological polar surface area (TPSA) is 32.3 Å². The Morgan fingerprint density at radius 3 is 2.39 bits per heavy atom. The Morgan fingerprint density at radius 2 is 1.70 bits per heavy atom. The zero-order valence-corrected chi connectivity index (χ0v) is 13.9. The van der Waals surface area contributed by atoms with Gasteiger partial charge in [-0.15, -0.1) is 0 Å². The molecule has 23 heavy (non-hydrogen) atoms. The molecule has 3 rings (SSSR count). The van der Waals surface area contributed by atoms with Gasteiger partial charge < -0.3 is 10.2 Å². The number of benzene rings is 2. The predicted molar refractivity (Wildman–Crippen MR) is 95.9 cm³/mol. The highest BCUT2D eigenvalue weighted by atomic mass is 16.1. The predicted octanol–water partition coefficient (Wildman–Crippen LogP) is 4.16. The highest BCUT2D eigenvalue weighted by molar-refractivity contribution is 5.93. The minimum Gasteiger partial charge on any atom is -0.371 e. The lowest BCUT2D eigenvalue weighted by molar-refractivity contribution is -0.120. The number of nitrogens with one attached hydrogen (secondary N) is 1. The molecule has 3 nitrogen and oxygen atoms in total. The van der Waals surface area contributed by atoms with E-state index in [9.17, 15) is 4.79 Å². The fourth-order valence-corrected chi connectivity index (χ4v) is 3.16. The van der Waals surface area contributed by atoms with Crippen LogP contribution in [-0.4, -0.2) is 19.0 Å². The van der Waals surface area contributed by atoms with E-state index in [1.165, 1.54) is 11.3 Å². The molecular weight excluding hydrogens is 284 g/mol. The van der Waals surface area contributed by atoms with Crippen molar-refractivity contribution in [2.24, 2.45) is 5.92 Å². The summed E-state index contributed by atoms with van der Waals surface area (Å²) >= 11 is 0. The molecule has 0 aromatic heterocycles. The largest absolute Gasteiger partial charge is 0.371 e. The van der Waals surface area contributed by atoms with Gasteiger partial charge in [-0.1, -0.05) is 30.3 Å². The van der Waals surface area contributed by atoms with Crippen LogP contribution in [0.5, 0.6) is 0 Å². The summed E-state index contributed by atoms with van der Waals surface area (Å²) in [6.45, 7) is 6.01. The van der Waals surface area contributed by atoms with E-state index in [0.29, 0.717) is 0 Å². The zero-order valence-electron chi connectivity index (χ0n) is 13.9. The molecule has 0 radical (unpaired) electrons. The third-order valence-corrected chi connectivity index (χ3v) is 4.85. The van der Waals surface area contributed by atoms with Crippen LogP contribution in [0.1, 0.15) is 24.0 Å². The van der Waals surface area contributed by atoms with Crippen LogP contribution in [0.4, 0.5) is 11.4 Å². The van der Waals surface area contributed by atoms with Gasteiger partial charge in [0.1, 0.15) is 0 Å². The summed E-state index contributed by atoms with van der Waals surface area (Å²) < 4.78 is 0. The van der Waals surface area contributed by atoms with Gasteiger partial charge in [0, 0.05) is 30.4 Å². The van der Waals surface area contributed by atoms with Gasteiger partial charge in [0.25, 0.3) is 0 Å². The highest BCUT2D eigenvalue weighted by Crippen LogP contribution is 2.25. The van der Waals surface area contributed by atoms with E-state index >= 15 is 0 Å². The Morgan fingerprint density at radius 1 is 1.00 bits per heavy atom. The van der Waals surface area contributed by atoms with Crippen LogP contribution >= 0.6 is 0 Å². The lowest BCUT2D eigenvalue weighted by Gasteiger charge is -2.33. The number of nitrogens with zero attached hydrogens (tertiary/aromatic N) is 1. The highest BCUT2D eigenvalue weighted by Gasteiger charge is 2.25. The third kappa shape index (κ3) is 3.55. The van der Waals surface area contributed by atoms with Crippen LogP contribution in [0.3, 0.4) is 0 Å². The summed E-state index contributed by atoms with van der Waals surface area (Å²) in [6, 6.07) is 16.5. The Balaban J connectivity index is 1.59. The molecule has 1 saturated heterocycles. The summed E-state index contributed by atoms with van der Waals surface area (Å²) in [5.41, 5.74) is 4.56. The molecule has 3 heteroatoms. The molecule has 0 unspecified atom stereocenters. The number of amides is 1. The van der Waals surface area contributed by atoms with Gasteiger partial charge in [-0.2, -0.15) is 0 Å². The molecule has 1 fully saturated rings. The van der Waals surface area contributed by atoms with Crippen molar-refractivity contribution < 1.29 is 4.79 Å². The first-order valence-electron chi connectivity index (χ1n) is 8.32. The van der Waals surface area contributed by atoms with Crippen LogP contribution in [0.15, 0.2) is 48.5 Å². The van der Waals surface area contributed by atoms with Crippen LogP contribution in [-0.2, 0) is 4.79 Å². The van der Waals surface area contributed by atoms with Crippen LogP contribution in [0.2, 0.25) is 0 Å². The number of para-hydroxylation sites is 1. The van der Waals surface area contributed by atoms with Crippen molar-refractivity contribution in [2.75, 3.05) is 23.3 Å². The third-order valence-electron chi connectivity index (χ3n) is 4.85. The number of aryl methyl sites for hydroxylation is 1. The van der Waals surface area contributed by atoms with E-state index in [-0.39, 0.29) is 11.8 Å².